The Morgan fingerprint density at radius 3 is 2.68 bits per heavy atom. The van der Waals surface area contributed by atoms with Crippen LogP contribution in [-0.4, -0.2) is 59.0 Å². The van der Waals surface area contributed by atoms with Gasteiger partial charge in [0.05, 0.1) is 16.9 Å². The molecule has 1 saturated heterocycles. The molecule has 1 aliphatic heterocycles. The lowest BCUT2D eigenvalue weighted by molar-refractivity contribution is -0.127. The number of carbonyl (C=O) groups is 3. The van der Waals surface area contributed by atoms with Crippen LogP contribution in [0.1, 0.15) is 50.4 Å². The van der Waals surface area contributed by atoms with E-state index in [9.17, 15) is 19.6 Å². The lowest BCUT2D eigenvalue weighted by atomic mass is 10.1. The molecule has 1 aromatic carbocycles. The van der Waals surface area contributed by atoms with E-state index in [1.54, 1.807) is 19.2 Å². The summed E-state index contributed by atoms with van der Waals surface area (Å²) in [6.45, 7) is 7.35. The molecule has 3 rings (SSSR count). The van der Waals surface area contributed by atoms with Gasteiger partial charge in [0.25, 0.3) is 11.8 Å². The number of hydrogen-bond acceptors (Lipinski definition) is 7. The van der Waals surface area contributed by atoms with Crippen LogP contribution in [0, 0.1) is 28.6 Å². The molecule has 1 fully saturated rings. The Morgan fingerprint density at radius 2 is 2.00 bits per heavy atom. The fourth-order valence-corrected chi connectivity index (χ4v) is 5.44. The Balaban J connectivity index is 1.61. The van der Waals surface area contributed by atoms with Crippen LogP contribution in [0.4, 0.5) is 5.69 Å². The van der Waals surface area contributed by atoms with Crippen LogP contribution in [0.5, 0.6) is 0 Å². The number of rotatable bonds is 12. The second-order valence-corrected chi connectivity index (χ2v) is 10.2. The molecule has 11 heteroatoms. The molecule has 2 atom stereocenters. The zero-order valence-electron chi connectivity index (χ0n) is 21.9. The number of hydrogen-bond donors (Lipinski definition) is 4. The lowest BCUT2D eigenvalue weighted by Gasteiger charge is -2.15. The highest BCUT2D eigenvalue weighted by Crippen LogP contribution is 2.38. The number of aromatic amines is 1. The van der Waals surface area contributed by atoms with Crippen LogP contribution in [0.3, 0.4) is 0 Å². The van der Waals surface area contributed by atoms with Crippen molar-refractivity contribution in [2.75, 3.05) is 31.5 Å². The summed E-state index contributed by atoms with van der Waals surface area (Å²) in [5.74, 6) is -0.345. The topological polar surface area (TPSA) is 154 Å². The third kappa shape index (κ3) is 6.67. The monoisotopic (exact) mass is 535 g/mol. The first-order chi connectivity index (χ1) is 18.3. The zero-order chi connectivity index (χ0) is 27.7. The third-order valence-electron chi connectivity index (χ3n) is 6.52. The van der Waals surface area contributed by atoms with Gasteiger partial charge in [0, 0.05) is 42.4 Å². The smallest absolute Gasteiger partial charge is 0.265 e. The van der Waals surface area contributed by atoms with Crippen LogP contribution in [0.2, 0.25) is 0 Å². The van der Waals surface area contributed by atoms with Gasteiger partial charge in [-0.15, -0.1) is 0 Å². The predicted molar refractivity (Wildman–Crippen MR) is 148 cm³/mol. The van der Waals surface area contributed by atoms with Gasteiger partial charge in [0.15, 0.2) is 0 Å². The molecule has 1 aromatic heterocycles. The van der Waals surface area contributed by atoms with E-state index in [0.29, 0.717) is 42.6 Å². The largest absolute Gasteiger partial charge is 0.385 e. The molecule has 38 heavy (non-hydrogen) atoms. The molecule has 3 amide bonds. The van der Waals surface area contributed by atoms with Crippen molar-refractivity contribution < 1.29 is 14.4 Å². The molecule has 0 saturated carbocycles. The first kappa shape index (κ1) is 28.6. The van der Waals surface area contributed by atoms with Gasteiger partial charge in [-0.2, -0.15) is 10.5 Å². The molecule has 0 bridgehead atoms. The van der Waals surface area contributed by atoms with Crippen molar-refractivity contribution in [1.82, 2.24) is 20.5 Å². The van der Waals surface area contributed by atoms with Gasteiger partial charge in [0.1, 0.15) is 23.2 Å². The van der Waals surface area contributed by atoms with Gasteiger partial charge in [-0.1, -0.05) is 32.0 Å². The number of amides is 3. The molecule has 0 radical (unpaired) electrons. The van der Waals surface area contributed by atoms with Crippen molar-refractivity contribution in [2.24, 2.45) is 5.92 Å². The normalized spacial score (nSPS) is 17.0. The molecule has 1 aliphatic rings. The SMILES string of the molecule is CCC(C)CCNC(=O)c1c[nH]c2cc(NCCC3S/C(=C(/C#N)C(=O)NCC#N)N(CC)C3=O)ccc12. The Bertz CT molecular complexity index is 1300. The summed E-state index contributed by atoms with van der Waals surface area (Å²) < 4.78 is 0. The summed E-state index contributed by atoms with van der Waals surface area (Å²) in [5.41, 5.74) is 2.12. The Morgan fingerprint density at radius 1 is 1.21 bits per heavy atom. The van der Waals surface area contributed by atoms with Crippen molar-refractivity contribution in [3.63, 3.8) is 0 Å². The standard InChI is InChI=1S/C27H33N7O3S/c1-4-17(3)8-11-31-25(36)21-16-33-22-14-18(6-7-19(21)22)30-12-9-23-26(37)34(5-2)27(38-23)20(15-29)24(35)32-13-10-28/h6-7,14,16-17,23,30,33H,4-5,8-9,11-13H2,1-3H3,(H,31,36)(H,32,35)/b27-20-. The minimum Gasteiger partial charge on any atom is -0.385 e. The Kier molecular flexibility index (Phi) is 10.2. The van der Waals surface area contributed by atoms with Crippen LogP contribution >= 0.6 is 11.8 Å². The van der Waals surface area contributed by atoms with Gasteiger partial charge in [-0.3, -0.25) is 14.4 Å². The third-order valence-corrected chi connectivity index (χ3v) is 7.89. The maximum Gasteiger partial charge on any atom is 0.265 e. The molecule has 2 aromatic rings. The van der Waals surface area contributed by atoms with Gasteiger partial charge < -0.3 is 25.8 Å². The van der Waals surface area contributed by atoms with Gasteiger partial charge in [0.2, 0.25) is 5.91 Å². The van der Waals surface area contributed by atoms with E-state index in [1.807, 2.05) is 24.3 Å². The average molecular weight is 536 g/mol. The van der Waals surface area contributed by atoms with Gasteiger partial charge >= 0.3 is 0 Å². The Hall–Kier alpha value is -3.96. The lowest BCUT2D eigenvalue weighted by Crippen LogP contribution is -2.32. The van der Waals surface area contributed by atoms with Crippen molar-refractivity contribution in [1.29, 1.82) is 10.5 Å². The van der Waals surface area contributed by atoms with Crippen molar-refractivity contribution in [2.45, 2.75) is 45.3 Å². The highest BCUT2D eigenvalue weighted by molar-refractivity contribution is 8.04. The first-order valence-electron chi connectivity index (χ1n) is 12.7. The molecule has 2 unspecified atom stereocenters. The van der Waals surface area contributed by atoms with E-state index in [1.165, 1.54) is 16.7 Å². The number of nitriles is 2. The molecule has 200 valence electrons. The number of anilines is 1. The second kappa shape index (κ2) is 13.5. The van der Waals surface area contributed by atoms with Crippen molar-refractivity contribution in [3.05, 3.63) is 40.6 Å². The summed E-state index contributed by atoms with van der Waals surface area (Å²) in [6, 6.07) is 9.40. The second-order valence-electron chi connectivity index (χ2n) is 9.06. The number of benzene rings is 1. The van der Waals surface area contributed by atoms with Crippen molar-refractivity contribution in [3.8, 4) is 12.1 Å². The van der Waals surface area contributed by atoms with Crippen LogP contribution < -0.4 is 16.0 Å². The quantitative estimate of drug-likeness (QED) is 0.184. The predicted octanol–water partition coefficient (Wildman–Crippen LogP) is 3.47. The minimum absolute atomic E-state index is 0.0978. The molecular formula is C27H33N7O3S. The Labute approximate surface area is 226 Å². The number of H-pyrrole nitrogens is 1. The van der Waals surface area contributed by atoms with E-state index in [2.05, 4.69) is 34.8 Å². The summed E-state index contributed by atoms with van der Waals surface area (Å²) >= 11 is 1.20. The van der Waals surface area contributed by atoms with E-state index in [-0.39, 0.29) is 23.9 Å². The zero-order valence-corrected chi connectivity index (χ0v) is 22.7. The van der Waals surface area contributed by atoms with E-state index < -0.39 is 11.2 Å². The van der Waals surface area contributed by atoms with E-state index >= 15 is 0 Å². The number of fused-ring (bicyclic) bond motifs is 1. The van der Waals surface area contributed by atoms with Gasteiger partial charge in [-0.05, 0) is 43.9 Å². The summed E-state index contributed by atoms with van der Waals surface area (Å²) in [6.07, 6.45) is 4.23. The number of nitrogens with one attached hydrogen (secondary N) is 4. The van der Waals surface area contributed by atoms with E-state index in [4.69, 9.17) is 5.26 Å². The fraction of sp³-hybridized carbons (Fsp3) is 0.444. The first-order valence-corrected chi connectivity index (χ1v) is 13.6. The summed E-state index contributed by atoms with van der Waals surface area (Å²) in [5, 5.41) is 27.6. The molecule has 2 heterocycles. The highest BCUT2D eigenvalue weighted by Gasteiger charge is 2.38. The minimum atomic E-state index is -0.663. The molecule has 0 aliphatic carbocycles. The fourth-order valence-electron chi connectivity index (χ4n) is 4.11. The highest BCUT2D eigenvalue weighted by atomic mass is 32.2. The molecular weight excluding hydrogens is 502 g/mol. The number of aromatic nitrogens is 1. The maximum atomic E-state index is 12.9. The molecule has 4 N–H and O–H groups in total. The molecule has 10 nitrogen and oxygen atoms in total. The number of thioether (sulfide) groups is 1. The molecule has 0 spiro atoms. The van der Waals surface area contributed by atoms with Crippen LogP contribution in [0.25, 0.3) is 10.9 Å². The van der Waals surface area contributed by atoms with Crippen molar-refractivity contribution >= 4 is 46.1 Å². The maximum absolute atomic E-state index is 12.9. The number of nitrogens with zero attached hydrogens (tertiary/aromatic N) is 3. The van der Waals surface area contributed by atoms with E-state index in [0.717, 1.165) is 29.4 Å². The number of carbonyl (C=O) groups excluding carboxylic acids is 3. The van der Waals surface area contributed by atoms with Crippen LogP contribution in [-0.2, 0) is 9.59 Å². The van der Waals surface area contributed by atoms with Crippen LogP contribution in [0.15, 0.2) is 35.0 Å². The summed E-state index contributed by atoms with van der Waals surface area (Å²) in [4.78, 5) is 42.4. The summed E-state index contributed by atoms with van der Waals surface area (Å²) in [7, 11) is 0. The van der Waals surface area contributed by atoms with Gasteiger partial charge in [-0.25, -0.2) is 0 Å². The average Bonchev–Trinajstić information content (AvgIpc) is 3.48.